The van der Waals surface area contributed by atoms with Crippen LogP contribution in [0.3, 0.4) is 0 Å². The zero-order chi connectivity index (χ0) is 30.7. The highest BCUT2D eigenvalue weighted by Gasteiger charge is 2.36. The standard InChI is InChI=1S/C29H27ClF3N5O5/c1-17-9-22(43-29(31,32)33)14-25-23(17)5-6-37(25)28(40)27(24-4-3-18(30)10-26(24)42-8-7-39)36-19-11-20(13-21(12-19)41-2)38-16-34-15-35-38/h3-4,9-16,27,36,39H,5-8H2,1-2H3. The molecule has 1 aromatic heterocycles. The van der Waals surface area contributed by atoms with Crippen LogP contribution < -0.4 is 24.4 Å². The summed E-state index contributed by atoms with van der Waals surface area (Å²) in [5.74, 6) is -0.178. The number of anilines is 2. The number of carbonyl (C=O) groups is 1. The lowest BCUT2D eigenvalue weighted by Gasteiger charge is -2.28. The zero-order valence-electron chi connectivity index (χ0n) is 23.1. The number of rotatable bonds is 10. The molecule has 0 bridgehead atoms. The normalized spacial score (nSPS) is 13.4. The molecule has 4 aromatic rings. The van der Waals surface area contributed by atoms with Gasteiger partial charge < -0.3 is 29.5 Å². The highest BCUT2D eigenvalue weighted by molar-refractivity contribution is 6.30. The van der Waals surface area contributed by atoms with E-state index >= 15 is 0 Å². The maximum absolute atomic E-state index is 14.4. The Morgan fingerprint density at radius 3 is 2.67 bits per heavy atom. The first-order valence-electron chi connectivity index (χ1n) is 13.1. The van der Waals surface area contributed by atoms with Gasteiger partial charge in [-0.15, -0.1) is 13.2 Å². The van der Waals surface area contributed by atoms with Crippen molar-refractivity contribution in [1.82, 2.24) is 14.8 Å². The maximum Gasteiger partial charge on any atom is 0.573 e. The van der Waals surface area contributed by atoms with Gasteiger partial charge in [0.2, 0.25) is 0 Å². The predicted molar refractivity (Wildman–Crippen MR) is 152 cm³/mol. The van der Waals surface area contributed by atoms with Gasteiger partial charge in [-0.1, -0.05) is 17.7 Å². The number of alkyl halides is 3. The summed E-state index contributed by atoms with van der Waals surface area (Å²) in [6.07, 6.45) is -1.57. The summed E-state index contributed by atoms with van der Waals surface area (Å²) < 4.78 is 56.1. The van der Waals surface area contributed by atoms with E-state index in [1.165, 1.54) is 47.5 Å². The Balaban J connectivity index is 1.59. The molecule has 1 amide bonds. The number of aromatic nitrogens is 3. The molecule has 14 heteroatoms. The molecular weight excluding hydrogens is 591 g/mol. The molecule has 1 unspecified atom stereocenters. The largest absolute Gasteiger partial charge is 0.573 e. The third kappa shape index (κ3) is 6.78. The number of amides is 1. The summed E-state index contributed by atoms with van der Waals surface area (Å²) in [6, 6.07) is 11.3. The minimum Gasteiger partial charge on any atom is -0.497 e. The molecule has 0 aliphatic carbocycles. The van der Waals surface area contributed by atoms with Gasteiger partial charge in [-0.25, -0.2) is 9.67 Å². The number of aryl methyl sites for hydroxylation is 1. The van der Waals surface area contributed by atoms with Gasteiger partial charge in [-0.2, -0.15) is 5.10 Å². The quantitative estimate of drug-likeness (QED) is 0.248. The molecule has 0 radical (unpaired) electrons. The van der Waals surface area contributed by atoms with Gasteiger partial charge in [-0.3, -0.25) is 4.79 Å². The van der Waals surface area contributed by atoms with Crippen LogP contribution in [-0.2, 0) is 11.2 Å². The van der Waals surface area contributed by atoms with E-state index in [-0.39, 0.29) is 25.5 Å². The highest BCUT2D eigenvalue weighted by Crippen LogP contribution is 2.40. The predicted octanol–water partition coefficient (Wildman–Crippen LogP) is 5.25. The number of fused-ring (bicyclic) bond motifs is 1. The number of aliphatic hydroxyl groups excluding tert-OH is 1. The molecule has 5 rings (SSSR count). The van der Waals surface area contributed by atoms with E-state index in [2.05, 4.69) is 20.1 Å². The molecule has 1 atom stereocenters. The average Bonchev–Trinajstić information content (AvgIpc) is 3.65. The number of halogens is 4. The lowest BCUT2D eigenvalue weighted by atomic mass is 10.0. The highest BCUT2D eigenvalue weighted by atomic mass is 35.5. The van der Waals surface area contributed by atoms with Crippen LogP contribution in [0.4, 0.5) is 24.5 Å². The van der Waals surface area contributed by atoms with E-state index in [1.807, 2.05) is 0 Å². The third-order valence-electron chi connectivity index (χ3n) is 6.80. The van der Waals surface area contributed by atoms with E-state index in [0.717, 1.165) is 5.56 Å². The van der Waals surface area contributed by atoms with Crippen LogP contribution in [0.2, 0.25) is 5.02 Å². The van der Waals surface area contributed by atoms with Crippen molar-refractivity contribution in [3.63, 3.8) is 0 Å². The van der Waals surface area contributed by atoms with Gasteiger partial charge >= 0.3 is 6.36 Å². The van der Waals surface area contributed by atoms with Crippen molar-refractivity contribution in [2.75, 3.05) is 37.1 Å². The van der Waals surface area contributed by atoms with Crippen LogP contribution in [0.5, 0.6) is 17.2 Å². The van der Waals surface area contributed by atoms with Gasteiger partial charge in [-0.05, 0) is 48.7 Å². The minimum absolute atomic E-state index is 0.0618. The summed E-state index contributed by atoms with van der Waals surface area (Å²) in [5, 5.41) is 17.2. The third-order valence-corrected chi connectivity index (χ3v) is 7.04. The van der Waals surface area contributed by atoms with Crippen LogP contribution in [0.25, 0.3) is 5.69 Å². The summed E-state index contributed by atoms with van der Waals surface area (Å²) in [7, 11) is 1.50. The molecule has 43 heavy (non-hydrogen) atoms. The van der Waals surface area contributed by atoms with Gasteiger partial charge in [0.25, 0.3) is 5.91 Å². The second-order valence-corrected chi connectivity index (χ2v) is 10.1. The Bertz CT molecular complexity index is 1620. The van der Waals surface area contributed by atoms with Crippen LogP contribution in [-0.4, -0.2) is 59.0 Å². The first-order valence-corrected chi connectivity index (χ1v) is 13.5. The van der Waals surface area contributed by atoms with Crippen molar-refractivity contribution in [3.8, 4) is 22.9 Å². The Hall–Kier alpha value is -4.49. The summed E-state index contributed by atoms with van der Waals surface area (Å²) >= 11 is 6.24. The van der Waals surface area contributed by atoms with Crippen LogP contribution in [0.1, 0.15) is 22.7 Å². The summed E-state index contributed by atoms with van der Waals surface area (Å²) in [6.45, 7) is 1.56. The number of nitrogens with zero attached hydrogens (tertiary/aromatic N) is 4. The van der Waals surface area contributed by atoms with Crippen molar-refractivity contribution in [2.45, 2.75) is 25.7 Å². The Morgan fingerprint density at radius 2 is 1.98 bits per heavy atom. The Kier molecular flexibility index (Phi) is 8.64. The number of hydrogen-bond acceptors (Lipinski definition) is 8. The second-order valence-electron chi connectivity index (χ2n) is 9.62. The first-order chi connectivity index (χ1) is 20.6. The van der Waals surface area contributed by atoms with E-state index in [9.17, 15) is 23.1 Å². The van der Waals surface area contributed by atoms with Crippen LogP contribution in [0.15, 0.2) is 61.2 Å². The van der Waals surface area contributed by atoms with Crippen LogP contribution in [0, 0.1) is 6.92 Å². The Morgan fingerprint density at radius 1 is 1.16 bits per heavy atom. The molecule has 0 saturated heterocycles. The molecule has 226 valence electrons. The van der Waals surface area contributed by atoms with Gasteiger partial charge in [0.15, 0.2) is 0 Å². The zero-order valence-corrected chi connectivity index (χ0v) is 23.8. The van der Waals surface area contributed by atoms with Gasteiger partial charge in [0.05, 0.1) is 25.1 Å². The molecule has 0 fully saturated rings. The molecule has 2 heterocycles. The lowest BCUT2D eigenvalue weighted by Crippen LogP contribution is -2.37. The van der Waals surface area contributed by atoms with E-state index in [0.29, 0.717) is 45.4 Å². The molecule has 0 spiro atoms. The minimum atomic E-state index is -4.89. The molecule has 0 saturated carbocycles. The van der Waals surface area contributed by atoms with E-state index in [4.69, 9.17) is 21.1 Å². The molecule has 10 nitrogen and oxygen atoms in total. The molecule has 1 aliphatic rings. The lowest BCUT2D eigenvalue weighted by molar-refractivity contribution is -0.274. The van der Waals surface area contributed by atoms with Crippen molar-refractivity contribution in [3.05, 3.63) is 82.9 Å². The number of methoxy groups -OCH3 is 1. The van der Waals surface area contributed by atoms with Crippen molar-refractivity contribution in [1.29, 1.82) is 0 Å². The monoisotopic (exact) mass is 617 g/mol. The number of ether oxygens (including phenoxy) is 3. The van der Waals surface area contributed by atoms with Gasteiger partial charge in [0, 0.05) is 41.0 Å². The topological polar surface area (TPSA) is 111 Å². The van der Waals surface area contributed by atoms with Crippen LogP contribution >= 0.6 is 11.6 Å². The summed E-state index contributed by atoms with van der Waals surface area (Å²) in [4.78, 5) is 19.8. The average molecular weight is 618 g/mol. The fourth-order valence-electron chi connectivity index (χ4n) is 4.98. The number of hydrogen-bond donors (Lipinski definition) is 2. The van der Waals surface area contributed by atoms with E-state index in [1.54, 1.807) is 37.3 Å². The second kappa shape index (κ2) is 12.4. The smallest absolute Gasteiger partial charge is 0.497 e. The molecule has 3 aromatic carbocycles. The molecule has 1 aliphatic heterocycles. The number of benzene rings is 3. The van der Waals surface area contributed by atoms with Crippen molar-refractivity contribution in [2.24, 2.45) is 0 Å². The number of nitrogens with one attached hydrogen (secondary N) is 1. The fraction of sp³-hybridized carbons (Fsp3) is 0.276. The van der Waals surface area contributed by atoms with Crippen molar-refractivity contribution < 1.29 is 37.3 Å². The fourth-order valence-corrected chi connectivity index (χ4v) is 5.14. The first kappa shape index (κ1) is 30.0. The number of carbonyl (C=O) groups excluding carboxylic acids is 1. The SMILES string of the molecule is COc1cc(NC(C(=O)N2CCc3c(C)cc(OC(F)(F)F)cc32)c2ccc(Cl)cc2OCCO)cc(-n2cncn2)c1. The van der Waals surface area contributed by atoms with Crippen molar-refractivity contribution >= 4 is 28.9 Å². The van der Waals surface area contributed by atoms with E-state index < -0.39 is 24.1 Å². The summed E-state index contributed by atoms with van der Waals surface area (Å²) in [5.41, 5.74) is 3.08. The number of aliphatic hydroxyl groups is 1. The molecular formula is C29H27ClF3N5O5. The molecule has 2 N–H and O–H groups in total. The van der Waals surface area contributed by atoms with Gasteiger partial charge in [0.1, 0.15) is 42.6 Å². The maximum atomic E-state index is 14.4. The Labute approximate surface area is 249 Å².